The summed E-state index contributed by atoms with van der Waals surface area (Å²) in [6.45, 7) is 4.17. The van der Waals surface area contributed by atoms with Crippen LogP contribution in [0.2, 0.25) is 0 Å². The third-order valence-corrected chi connectivity index (χ3v) is 4.29. The Labute approximate surface area is 136 Å². The highest BCUT2D eigenvalue weighted by molar-refractivity contribution is 9.10. The van der Waals surface area contributed by atoms with Crippen LogP contribution in [-0.2, 0) is 0 Å². The Balaban J connectivity index is 2.33. The van der Waals surface area contributed by atoms with Crippen LogP contribution in [0.4, 0.5) is 5.69 Å². The minimum atomic E-state index is 0.0699. The summed E-state index contributed by atoms with van der Waals surface area (Å²) in [6.07, 6.45) is 0.885. The SMILES string of the molecule is CCC(Nc1cc(Br)ccc1C)c1cc(Br)ccc1O. The van der Waals surface area contributed by atoms with Gasteiger partial charge >= 0.3 is 0 Å². The molecule has 0 amide bonds. The minimum absolute atomic E-state index is 0.0699. The molecule has 1 unspecified atom stereocenters. The number of aromatic hydroxyl groups is 1. The molecule has 0 saturated heterocycles. The van der Waals surface area contributed by atoms with E-state index in [1.807, 2.05) is 18.2 Å². The largest absolute Gasteiger partial charge is 0.508 e. The molecule has 0 spiro atoms. The van der Waals surface area contributed by atoms with Crippen molar-refractivity contribution in [3.8, 4) is 5.75 Å². The predicted octanol–water partition coefficient (Wildman–Crippen LogP) is 5.79. The fourth-order valence-corrected chi connectivity index (χ4v) is 2.88. The van der Waals surface area contributed by atoms with Crippen LogP contribution in [0.3, 0.4) is 0 Å². The number of phenolic OH excluding ortho intramolecular Hbond substituents is 1. The fraction of sp³-hybridized carbons (Fsp3) is 0.250. The maximum atomic E-state index is 10.1. The number of phenols is 1. The molecule has 2 nitrogen and oxygen atoms in total. The van der Waals surface area contributed by atoms with Crippen LogP contribution < -0.4 is 5.32 Å². The van der Waals surface area contributed by atoms with Gasteiger partial charge < -0.3 is 10.4 Å². The molecule has 0 fully saturated rings. The smallest absolute Gasteiger partial charge is 0.120 e. The number of aryl methyl sites for hydroxylation is 1. The van der Waals surface area contributed by atoms with Crippen LogP contribution in [0.1, 0.15) is 30.5 Å². The number of hydrogen-bond donors (Lipinski definition) is 2. The second kappa shape index (κ2) is 6.64. The van der Waals surface area contributed by atoms with Crippen molar-refractivity contribution in [3.63, 3.8) is 0 Å². The fourth-order valence-electron chi connectivity index (χ4n) is 2.14. The molecule has 2 rings (SSSR count). The summed E-state index contributed by atoms with van der Waals surface area (Å²) in [6, 6.07) is 11.8. The molecule has 106 valence electrons. The molecule has 4 heteroatoms. The van der Waals surface area contributed by atoms with Crippen molar-refractivity contribution in [1.29, 1.82) is 0 Å². The maximum absolute atomic E-state index is 10.1. The Bertz CT molecular complexity index is 613. The molecular weight excluding hydrogens is 382 g/mol. The van der Waals surface area contributed by atoms with Crippen LogP contribution in [0, 0.1) is 6.92 Å². The lowest BCUT2D eigenvalue weighted by Crippen LogP contribution is -2.11. The zero-order valence-electron chi connectivity index (χ0n) is 11.5. The number of anilines is 1. The number of nitrogens with one attached hydrogen (secondary N) is 1. The molecule has 0 radical (unpaired) electrons. The number of benzene rings is 2. The molecule has 0 aromatic heterocycles. The van der Waals surface area contributed by atoms with E-state index in [1.54, 1.807) is 6.07 Å². The van der Waals surface area contributed by atoms with E-state index in [1.165, 1.54) is 5.56 Å². The monoisotopic (exact) mass is 397 g/mol. The van der Waals surface area contributed by atoms with Crippen LogP contribution in [0.15, 0.2) is 45.3 Å². The summed E-state index contributed by atoms with van der Waals surface area (Å²) in [4.78, 5) is 0. The molecule has 2 N–H and O–H groups in total. The van der Waals surface area contributed by atoms with E-state index >= 15 is 0 Å². The van der Waals surface area contributed by atoms with Gasteiger partial charge in [-0.3, -0.25) is 0 Å². The van der Waals surface area contributed by atoms with Gasteiger partial charge in [-0.2, -0.15) is 0 Å². The van der Waals surface area contributed by atoms with Crippen molar-refractivity contribution in [1.82, 2.24) is 0 Å². The van der Waals surface area contributed by atoms with E-state index in [9.17, 15) is 5.11 Å². The summed E-state index contributed by atoms with van der Waals surface area (Å²) >= 11 is 6.95. The molecule has 2 aromatic rings. The standard InChI is InChI=1S/C16H17Br2NO/c1-3-14(13-8-11(17)6-7-16(13)20)19-15-9-12(18)5-4-10(15)2/h4-9,14,19-20H,3H2,1-2H3. The lowest BCUT2D eigenvalue weighted by atomic mass is 10.0. The lowest BCUT2D eigenvalue weighted by Gasteiger charge is -2.21. The van der Waals surface area contributed by atoms with Gasteiger partial charge in [0.2, 0.25) is 0 Å². The number of rotatable bonds is 4. The van der Waals surface area contributed by atoms with Gasteiger partial charge in [0.25, 0.3) is 0 Å². The predicted molar refractivity (Wildman–Crippen MR) is 91.3 cm³/mol. The molecular formula is C16H17Br2NO. The quantitative estimate of drug-likeness (QED) is 0.683. The first-order valence-corrected chi connectivity index (χ1v) is 8.11. The minimum Gasteiger partial charge on any atom is -0.508 e. The summed E-state index contributed by atoms with van der Waals surface area (Å²) in [5.41, 5.74) is 3.16. The summed E-state index contributed by atoms with van der Waals surface area (Å²) in [5.74, 6) is 0.320. The van der Waals surface area contributed by atoms with Crippen LogP contribution >= 0.6 is 31.9 Å². The molecule has 0 bridgehead atoms. The molecule has 20 heavy (non-hydrogen) atoms. The van der Waals surface area contributed by atoms with Crippen LogP contribution in [-0.4, -0.2) is 5.11 Å². The molecule has 0 aliphatic rings. The van der Waals surface area contributed by atoms with Crippen molar-refractivity contribution in [2.45, 2.75) is 26.3 Å². The molecule has 0 aliphatic carbocycles. The van der Waals surface area contributed by atoms with Gasteiger partial charge in [0.05, 0.1) is 6.04 Å². The first-order valence-electron chi connectivity index (χ1n) is 6.52. The molecule has 0 saturated carbocycles. The first kappa shape index (κ1) is 15.4. The Hall–Kier alpha value is -1.00. The second-order valence-electron chi connectivity index (χ2n) is 4.77. The van der Waals surface area contributed by atoms with Crippen molar-refractivity contribution >= 4 is 37.5 Å². The highest BCUT2D eigenvalue weighted by Crippen LogP contribution is 2.33. The maximum Gasteiger partial charge on any atom is 0.120 e. The van der Waals surface area contributed by atoms with Gasteiger partial charge in [0.15, 0.2) is 0 Å². The van der Waals surface area contributed by atoms with Crippen molar-refractivity contribution < 1.29 is 5.11 Å². The average Bonchev–Trinajstić information content (AvgIpc) is 2.42. The molecule has 0 heterocycles. The van der Waals surface area contributed by atoms with E-state index in [0.29, 0.717) is 5.75 Å². The van der Waals surface area contributed by atoms with Crippen molar-refractivity contribution in [2.24, 2.45) is 0 Å². The van der Waals surface area contributed by atoms with Crippen molar-refractivity contribution in [2.75, 3.05) is 5.32 Å². The van der Waals surface area contributed by atoms with Gasteiger partial charge in [-0.25, -0.2) is 0 Å². The Morgan fingerprint density at radius 2 is 1.75 bits per heavy atom. The highest BCUT2D eigenvalue weighted by atomic mass is 79.9. The number of halogens is 2. The summed E-state index contributed by atoms with van der Waals surface area (Å²) < 4.78 is 2.01. The topological polar surface area (TPSA) is 32.3 Å². The third kappa shape index (κ3) is 3.55. The average molecular weight is 399 g/mol. The number of hydrogen-bond acceptors (Lipinski definition) is 2. The first-order chi connectivity index (χ1) is 9.51. The second-order valence-corrected chi connectivity index (χ2v) is 6.60. The van der Waals surface area contributed by atoms with E-state index in [0.717, 1.165) is 26.6 Å². The van der Waals surface area contributed by atoms with E-state index in [2.05, 4.69) is 63.2 Å². The molecule has 1 atom stereocenters. The summed E-state index contributed by atoms with van der Waals surface area (Å²) in [7, 11) is 0. The van der Waals surface area contributed by atoms with E-state index in [4.69, 9.17) is 0 Å². The molecule has 2 aromatic carbocycles. The summed E-state index contributed by atoms with van der Waals surface area (Å²) in [5, 5.41) is 13.6. The van der Waals surface area contributed by atoms with Crippen LogP contribution in [0.25, 0.3) is 0 Å². The third-order valence-electron chi connectivity index (χ3n) is 3.30. The van der Waals surface area contributed by atoms with Crippen molar-refractivity contribution in [3.05, 3.63) is 56.5 Å². The lowest BCUT2D eigenvalue weighted by molar-refractivity contribution is 0.462. The zero-order valence-corrected chi connectivity index (χ0v) is 14.6. The van der Waals surface area contributed by atoms with E-state index < -0.39 is 0 Å². The van der Waals surface area contributed by atoms with E-state index in [-0.39, 0.29) is 6.04 Å². The van der Waals surface area contributed by atoms with Gasteiger partial charge in [0, 0.05) is 20.2 Å². The highest BCUT2D eigenvalue weighted by Gasteiger charge is 2.15. The normalized spacial score (nSPS) is 12.2. The van der Waals surface area contributed by atoms with Gasteiger partial charge in [0.1, 0.15) is 5.75 Å². The molecule has 0 aliphatic heterocycles. The Morgan fingerprint density at radius 3 is 2.45 bits per heavy atom. The van der Waals surface area contributed by atoms with Gasteiger partial charge in [-0.1, -0.05) is 44.8 Å². The zero-order chi connectivity index (χ0) is 14.7. The van der Waals surface area contributed by atoms with Gasteiger partial charge in [-0.15, -0.1) is 0 Å². The Morgan fingerprint density at radius 1 is 1.10 bits per heavy atom. The van der Waals surface area contributed by atoms with Gasteiger partial charge in [-0.05, 0) is 49.2 Å². The van der Waals surface area contributed by atoms with Crippen LogP contribution in [0.5, 0.6) is 5.75 Å². The Kier molecular flexibility index (Phi) is 5.11.